The van der Waals surface area contributed by atoms with E-state index in [-0.39, 0.29) is 0 Å². The average molecular weight is 228 g/mol. The lowest BCUT2D eigenvalue weighted by Crippen LogP contribution is -2.45. The summed E-state index contributed by atoms with van der Waals surface area (Å²) in [6, 6.07) is 1.10. The van der Waals surface area contributed by atoms with E-state index in [2.05, 4.69) is 17.1 Å². The van der Waals surface area contributed by atoms with Gasteiger partial charge in [-0.1, -0.05) is 0 Å². The fourth-order valence-electron chi connectivity index (χ4n) is 2.74. The Bertz CT molecular complexity index is 207. The lowest BCUT2D eigenvalue weighted by Gasteiger charge is -2.31. The molecule has 16 heavy (non-hydrogen) atoms. The first-order valence-electron chi connectivity index (χ1n) is 6.45. The van der Waals surface area contributed by atoms with Crippen molar-refractivity contribution in [2.45, 2.75) is 31.8 Å². The van der Waals surface area contributed by atoms with E-state index >= 15 is 0 Å². The summed E-state index contributed by atoms with van der Waals surface area (Å²) in [4.78, 5) is 2.50. The van der Waals surface area contributed by atoms with Gasteiger partial charge in [0, 0.05) is 31.8 Å². The quantitative estimate of drug-likeness (QED) is 0.714. The highest BCUT2D eigenvalue weighted by Gasteiger charge is 2.27. The van der Waals surface area contributed by atoms with Crippen molar-refractivity contribution in [3.63, 3.8) is 0 Å². The summed E-state index contributed by atoms with van der Waals surface area (Å²) >= 11 is 0. The molecule has 2 aliphatic heterocycles. The number of nitrogens with zero attached hydrogens (tertiary/aromatic N) is 1. The minimum Gasteiger partial charge on any atom is -0.396 e. The highest BCUT2D eigenvalue weighted by atomic mass is 16.5. The number of rotatable bonds is 4. The average Bonchev–Trinajstić information content (AvgIpc) is 2.79. The van der Waals surface area contributed by atoms with E-state index in [4.69, 9.17) is 9.84 Å². The zero-order valence-corrected chi connectivity index (χ0v) is 10.2. The predicted octanol–water partition coefficient (Wildman–Crippen LogP) is 0.0676. The van der Waals surface area contributed by atoms with Gasteiger partial charge in [-0.25, -0.2) is 0 Å². The highest BCUT2D eigenvalue weighted by molar-refractivity contribution is 4.83. The standard InChI is InChI=1S/C12H24N2O2/c1-10(6-12-9-16-5-3-13-12)14-4-2-11(7-14)8-15/h10-13,15H,2-9H2,1H3. The molecule has 2 N–H and O–H groups in total. The Balaban J connectivity index is 1.72. The van der Waals surface area contributed by atoms with Crippen molar-refractivity contribution in [1.82, 2.24) is 10.2 Å². The van der Waals surface area contributed by atoms with Crippen molar-refractivity contribution >= 4 is 0 Å². The van der Waals surface area contributed by atoms with Gasteiger partial charge in [0.1, 0.15) is 0 Å². The molecule has 2 aliphatic rings. The van der Waals surface area contributed by atoms with Crippen LogP contribution in [0.25, 0.3) is 0 Å². The van der Waals surface area contributed by atoms with Crippen LogP contribution in [0.2, 0.25) is 0 Å². The largest absolute Gasteiger partial charge is 0.396 e. The monoisotopic (exact) mass is 228 g/mol. The minimum atomic E-state index is 0.341. The molecular formula is C12H24N2O2. The Labute approximate surface area is 98.0 Å². The maximum Gasteiger partial charge on any atom is 0.0620 e. The Morgan fingerprint density at radius 2 is 2.44 bits per heavy atom. The molecule has 3 unspecified atom stereocenters. The van der Waals surface area contributed by atoms with Gasteiger partial charge in [-0.2, -0.15) is 0 Å². The fourth-order valence-corrected chi connectivity index (χ4v) is 2.74. The third-order valence-corrected chi connectivity index (χ3v) is 3.82. The van der Waals surface area contributed by atoms with E-state index in [9.17, 15) is 0 Å². The van der Waals surface area contributed by atoms with Gasteiger partial charge >= 0.3 is 0 Å². The number of nitrogens with one attached hydrogen (secondary N) is 1. The van der Waals surface area contributed by atoms with Gasteiger partial charge in [0.05, 0.1) is 13.2 Å². The van der Waals surface area contributed by atoms with Crippen LogP contribution >= 0.6 is 0 Å². The van der Waals surface area contributed by atoms with E-state index in [1.54, 1.807) is 0 Å². The third-order valence-electron chi connectivity index (χ3n) is 3.82. The molecule has 0 bridgehead atoms. The zero-order valence-electron chi connectivity index (χ0n) is 10.2. The summed E-state index contributed by atoms with van der Waals surface area (Å²) in [5, 5.41) is 12.6. The molecule has 94 valence electrons. The zero-order chi connectivity index (χ0) is 11.4. The lowest BCUT2D eigenvalue weighted by atomic mass is 10.1. The van der Waals surface area contributed by atoms with E-state index in [1.165, 1.54) is 0 Å². The second kappa shape index (κ2) is 5.96. The molecule has 0 aromatic rings. The molecule has 0 aromatic carbocycles. The molecule has 0 aliphatic carbocycles. The smallest absolute Gasteiger partial charge is 0.0620 e. The van der Waals surface area contributed by atoms with Gasteiger partial charge in [0.25, 0.3) is 0 Å². The van der Waals surface area contributed by atoms with Crippen LogP contribution in [0.1, 0.15) is 19.8 Å². The molecule has 4 heteroatoms. The van der Waals surface area contributed by atoms with Crippen LogP contribution in [-0.2, 0) is 4.74 Å². The lowest BCUT2D eigenvalue weighted by molar-refractivity contribution is 0.0636. The number of aliphatic hydroxyl groups excluding tert-OH is 1. The molecule has 2 heterocycles. The van der Waals surface area contributed by atoms with Gasteiger partial charge < -0.3 is 20.1 Å². The van der Waals surface area contributed by atoms with Crippen molar-refractivity contribution in [1.29, 1.82) is 0 Å². The number of morpholine rings is 1. The van der Waals surface area contributed by atoms with Crippen molar-refractivity contribution in [3.8, 4) is 0 Å². The summed E-state index contributed by atoms with van der Waals surface area (Å²) in [5.74, 6) is 0.498. The Kier molecular flexibility index (Phi) is 4.58. The van der Waals surface area contributed by atoms with Gasteiger partial charge in [0.15, 0.2) is 0 Å². The molecule has 2 saturated heterocycles. The third kappa shape index (κ3) is 3.17. The number of ether oxygens (including phenoxy) is 1. The Morgan fingerprint density at radius 1 is 1.56 bits per heavy atom. The first kappa shape index (κ1) is 12.3. The molecule has 2 fully saturated rings. The van der Waals surface area contributed by atoms with Gasteiger partial charge in [-0.3, -0.25) is 0 Å². The van der Waals surface area contributed by atoms with Crippen LogP contribution in [0.4, 0.5) is 0 Å². The summed E-state index contributed by atoms with van der Waals surface area (Å²) in [6.45, 7) is 7.51. The maximum atomic E-state index is 9.13. The molecule has 3 atom stereocenters. The molecule has 4 nitrogen and oxygen atoms in total. The molecular weight excluding hydrogens is 204 g/mol. The van der Waals surface area contributed by atoms with E-state index < -0.39 is 0 Å². The number of likely N-dealkylation sites (tertiary alicyclic amines) is 1. The molecule has 0 radical (unpaired) electrons. The van der Waals surface area contributed by atoms with Gasteiger partial charge in [-0.05, 0) is 32.2 Å². The minimum absolute atomic E-state index is 0.341. The normalized spacial score (nSPS) is 34.1. The maximum absolute atomic E-state index is 9.13. The predicted molar refractivity (Wildman–Crippen MR) is 63.5 cm³/mol. The summed E-state index contributed by atoms with van der Waals surface area (Å²) in [6.07, 6.45) is 2.30. The van der Waals surface area contributed by atoms with E-state index in [1.807, 2.05) is 0 Å². The van der Waals surface area contributed by atoms with Crippen LogP contribution in [-0.4, -0.2) is 61.5 Å². The first-order chi connectivity index (χ1) is 7.79. The SMILES string of the molecule is CC(CC1COCCN1)N1CCC(CO)C1. The molecule has 0 saturated carbocycles. The van der Waals surface area contributed by atoms with Crippen molar-refractivity contribution < 1.29 is 9.84 Å². The summed E-state index contributed by atoms with van der Waals surface area (Å²) in [7, 11) is 0. The second-order valence-electron chi connectivity index (χ2n) is 5.14. The Hall–Kier alpha value is -0.160. The van der Waals surface area contributed by atoms with Crippen molar-refractivity contribution in [2.75, 3.05) is 39.5 Å². The molecule has 2 rings (SSSR count). The first-order valence-corrected chi connectivity index (χ1v) is 6.45. The van der Waals surface area contributed by atoms with E-state index in [0.717, 1.165) is 45.7 Å². The van der Waals surface area contributed by atoms with Crippen LogP contribution < -0.4 is 5.32 Å². The van der Waals surface area contributed by atoms with Crippen molar-refractivity contribution in [2.24, 2.45) is 5.92 Å². The Morgan fingerprint density at radius 3 is 3.06 bits per heavy atom. The van der Waals surface area contributed by atoms with Gasteiger partial charge in [0.2, 0.25) is 0 Å². The molecule has 0 aromatic heterocycles. The van der Waals surface area contributed by atoms with Crippen LogP contribution in [0, 0.1) is 5.92 Å². The molecule has 0 spiro atoms. The van der Waals surface area contributed by atoms with Crippen molar-refractivity contribution in [3.05, 3.63) is 0 Å². The second-order valence-corrected chi connectivity index (χ2v) is 5.14. The number of hydrogen-bond donors (Lipinski definition) is 2. The summed E-state index contributed by atoms with van der Waals surface area (Å²) in [5.41, 5.74) is 0. The van der Waals surface area contributed by atoms with Gasteiger partial charge in [-0.15, -0.1) is 0 Å². The highest BCUT2D eigenvalue weighted by Crippen LogP contribution is 2.20. The number of hydrogen-bond acceptors (Lipinski definition) is 4. The summed E-state index contributed by atoms with van der Waals surface area (Å²) < 4.78 is 5.47. The van der Waals surface area contributed by atoms with Crippen LogP contribution in [0.3, 0.4) is 0 Å². The number of aliphatic hydroxyl groups is 1. The van der Waals surface area contributed by atoms with Crippen LogP contribution in [0.5, 0.6) is 0 Å². The van der Waals surface area contributed by atoms with Crippen LogP contribution in [0.15, 0.2) is 0 Å². The molecule has 0 amide bonds. The fraction of sp³-hybridized carbons (Fsp3) is 1.00. The topological polar surface area (TPSA) is 44.7 Å². The van der Waals surface area contributed by atoms with E-state index in [0.29, 0.717) is 24.6 Å².